The largest absolute Gasteiger partial charge is 0.391 e. The van der Waals surface area contributed by atoms with Crippen LogP contribution in [0.4, 0.5) is 5.69 Å². The van der Waals surface area contributed by atoms with Gasteiger partial charge in [0.15, 0.2) is 0 Å². The Labute approximate surface area is 97.9 Å². The van der Waals surface area contributed by atoms with E-state index in [0.717, 1.165) is 16.6 Å². The molecule has 1 unspecified atom stereocenters. The molecule has 1 aromatic carbocycles. The number of rotatable bonds is 4. The molecule has 1 aromatic rings. The molecule has 15 heavy (non-hydrogen) atoms. The van der Waals surface area contributed by atoms with Crippen molar-refractivity contribution in [3.63, 3.8) is 0 Å². The Morgan fingerprint density at radius 3 is 2.87 bits per heavy atom. The van der Waals surface area contributed by atoms with Crippen LogP contribution >= 0.6 is 15.9 Å². The number of anilines is 1. The third-order valence-corrected chi connectivity index (χ3v) is 2.75. The highest BCUT2D eigenvalue weighted by Crippen LogP contribution is 2.23. The molecule has 3 nitrogen and oxygen atoms in total. The van der Waals surface area contributed by atoms with Gasteiger partial charge in [0, 0.05) is 16.7 Å². The van der Waals surface area contributed by atoms with Gasteiger partial charge >= 0.3 is 0 Å². The van der Waals surface area contributed by atoms with Crippen LogP contribution in [0, 0.1) is 11.3 Å². The molecule has 0 heterocycles. The van der Waals surface area contributed by atoms with Gasteiger partial charge in [0.1, 0.15) is 0 Å². The maximum Gasteiger partial charge on any atom is 0.0992 e. The molecule has 80 valence electrons. The van der Waals surface area contributed by atoms with Crippen molar-refractivity contribution in [1.29, 1.82) is 5.26 Å². The third kappa shape index (κ3) is 3.54. The Balaban J connectivity index is 2.67. The predicted octanol–water partition coefficient (Wildman–Crippen LogP) is 2.50. The number of hydrogen-bond acceptors (Lipinski definition) is 3. The standard InChI is InChI=1S/C11H13BrN2O/c1-2-9(15)7-14-11-4-3-8(6-13)5-10(11)12/h3-5,9,14-15H,2,7H2,1H3. The van der Waals surface area contributed by atoms with E-state index in [2.05, 4.69) is 27.3 Å². The molecule has 0 aliphatic heterocycles. The number of benzene rings is 1. The van der Waals surface area contributed by atoms with Crippen LogP contribution in [0.3, 0.4) is 0 Å². The summed E-state index contributed by atoms with van der Waals surface area (Å²) in [7, 11) is 0. The topological polar surface area (TPSA) is 56.0 Å². The van der Waals surface area contributed by atoms with E-state index in [1.54, 1.807) is 12.1 Å². The molecule has 0 aromatic heterocycles. The Morgan fingerprint density at radius 2 is 2.33 bits per heavy atom. The van der Waals surface area contributed by atoms with Crippen LogP contribution in [0.2, 0.25) is 0 Å². The fraction of sp³-hybridized carbons (Fsp3) is 0.364. The van der Waals surface area contributed by atoms with Crippen LogP contribution in [0.5, 0.6) is 0 Å². The average molecular weight is 269 g/mol. The van der Waals surface area contributed by atoms with Gasteiger partial charge in [0.25, 0.3) is 0 Å². The van der Waals surface area contributed by atoms with Crippen LogP contribution < -0.4 is 5.32 Å². The molecular formula is C11H13BrN2O. The van der Waals surface area contributed by atoms with Crippen molar-refractivity contribution < 1.29 is 5.11 Å². The molecular weight excluding hydrogens is 256 g/mol. The summed E-state index contributed by atoms with van der Waals surface area (Å²) in [4.78, 5) is 0. The van der Waals surface area contributed by atoms with Crippen molar-refractivity contribution in [3.05, 3.63) is 28.2 Å². The molecule has 0 amide bonds. The minimum Gasteiger partial charge on any atom is -0.391 e. The van der Waals surface area contributed by atoms with E-state index in [1.165, 1.54) is 0 Å². The summed E-state index contributed by atoms with van der Waals surface area (Å²) in [6, 6.07) is 7.38. The maximum absolute atomic E-state index is 9.38. The lowest BCUT2D eigenvalue weighted by molar-refractivity contribution is 0.183. The fourth-order valence-corrected chi connectivity index (χ4v) is 1.62. The van der Waals surface area contributed by atoms with Crippen LogP contribution in [0.1, 0.15) is 18.9 Å². The molecule has 0 radical (unpaired) electrons. The molecule has 0 aliphatic carbocycles. The van der Waals surface area contributed by atoms with Gasteiger partial charge in [0.05, 0.1) is 17.7 Å². The number of halogens is 1. The quantitative estimate of drug-likeness (QED) is 0.883. The van der Waals surface area contributed by atoms with E-state index in [9.17, 15) is 5.11 Å². The lowest BCUT2D eigenvalue weighted by atomic mass is 10.2. The molecule has 1 atom stereocenters. The minimum atomic E-state index is -0.340. The Morgan fingerprint density at radius 1 is 1.60 bits per heavy atom. The van der Waals surface area contributed by atoms with Gasteiger partial charge in [-0.25, -0.2) is 0 Å². The third-order valence-electron chi connectivity index (χ3n) is 2.10. The van der Waals surface area contributed by atoms with Gasteiger partial charge < -0.3 is 10.4 Å². The van der Waals surface area contributed by atoms with Crippen molar-refractivity contribution in [2.75, 3.05) is 11.9 Å². The Bertz CT molecular complexity index is 373. The predicted molar refractivity (Wildman–Crippen MR) is 63.6 cm³/mol. The lowest BCUT2D eigenvalue weighted by Crippen LogP contribution is -2.18. The molecule has 0 spiro atoms. The van der Waals surface area contributed by atoms with Gasteiger partial charge in [-0.1, -0.05) is 6.92 Å². The van der Waals surface area contributed by atoms with E-state index in [1.807, 2.05) is 13.0 Å². The first-order chi connectivity index (χ1) is 7.17. The highest BCUT2D eigenvalue weighted by molar-refractivity contribution is 9.10. The smallest absolute Gasteiger partial charge is 0.0992 e. The fourth-order valence-electron chi connectivity index (χ4n) is 1.10. The zero-order valence-electron chi connectivity index (χ0n) is 8.50. The van der Waals surface area contributed by atoms with Gasteiger partial charge in [-0.15, -0.1) is 0 Å². The average Bonchev–Trinajstić information content (AvgIpc) is 2.26. The van der Waals surface area contributed by atoms with Gasteiger partial charge in [-0.2, -0.15) is 5.26 Å². The first kappa shape index (κ1) is 12.0. The Kier molecular flexibility index (Phi) is 4.60. The maximum atomic E-state index is 9.38. The summed E-state index contributed by atoms with van der Waals surface area (Å²) >= 11 is 3.36. The van der Waals surface area contributed by atoms with Gasteiger partial charge in [0.2, 0.25) is 0 Å². The second-order valence-electron chi connectivity index (χ2n) is 3.25. The number of nitrogens with one attached hydrogen (secondary N) is 1. The van der Waals surface area contributed by atoms with E-state index < -0.39 is 0 Å². The summed E-state index contributed by atoms with van der Waals surface area (Å²) < 4.78 is 0.838. The second-order valence-corrected chi connectivity index (χ2v) is 4.10. The van der Waals surface area contributed by atoms with Crippen molar-refractivity contribution in [2.45, 2.75) is 19.4 Å². The molecule has 0 bridgehead atoms. The zero-order chi connectivity index (χ0) is 11.3. The first-order valence-electron chi connectivity index (χ1n) is 4.79. The summed E-state index contributed by atoms with van der Waals surface area (Å²) in [6.07, 6.45) is 0.383. The highest BCUT2D eigenvalue weighted by Gasteiger charge is 2.03. The monoisotopic (exact) mass is 268 g/mol. The molecule has 4 heteroatoms. The van der Waals surface area contributed by atoms with Crippen molar-refractivity contribution in [1.82, 2.24) is 0 Å². The number of hydrogen-bond donors (Lipinski definition) is 2. The first-order valence-corrected chi connectivity index (χ1v) is 5.58. The van der Waals surface area contributed by atoms with Crippen LogP contribution in [-0.4, -0.2) is 17.8 Å². The van der Waals surface area contributed by atoms with Crippen LogP contribution in [-0.2, 0) is 0 Å². The molecule has 1 rings (SSSR count). The van der Waals surface area contributed by atoms with E-state index in [-0.39, 0.29) is 6.10 Å². The van der Waals surface area contributed by atoms with Gasteiger partial charge in [-0.3, -0.25) is 0 Å². The second kappa shape index (κ2) is 5.74. The Hall–Kier alpha value is -1.05. The number of nitrogens with zero attached hydrogens (tertiary/aromatic N) is 1. The van der Waals surface area contributed by atoms with Crippen LogP contribution in [0.25, 0.3) is 0 Å². The van der Waals surface area contributed by atoms with E-state index in [0.29, 0.717) is 12.1 Å². The van der Waals surface area contributed by atoms with Crippen molar-refractivity contribution in [2.24, 2.45) is 0 Å². The number of nitriles is 1. The number of aliphatic hydroxyl groups excluding tert-OH is 1. The molecule has 0 fully saturated rings. The normalized spacial score (nSPS) is 11.9. The van der Waals surface area contributed by atoms with Crippen molar-refractivity contribution in [3.8, 4) is 6.07 Å². The minimum absolute atomic E-state index is 0.340. The molecule has 2 N–H and O–H groups in total. The lowest BCUT2D eigenvalue weighted by Gasteiger charge is -2.12. The number of aliphatic hydroxyl groups is 1. The molecule has 0 saturated carbocycles. The molecule has 0 aliphatic rings. The van der Waals surface area contributed by atoms with E-state index in [4.69, 9.17) is 5.26 Å². The SMILES string of the molecule is CCC(O)CNc1ccc(C#N)cc1Br. The van der Waals surface area contributed by atoms with Crippen molar-refractivity contribution >= 4 is 21.6 Å². The van der Waals surface area contributed by atoms with E-state index >= 15 is 0 Å². The molecule has 0 saturated heterocycles. The summed E-state index contributed by atoms with van der Waals surface area (Å²) in [5, 5.41) is 21.2. The van der Waals surface area contributed by atoms with Gasteiger partial charge in [-0.05, 0) is 40.5 Å². The highest BCUT2D eigenvalue weighted by atomic mass is 79.9. The summed E-state index contributed by atoms with van der Waals surface area (Å²) in [5.41, 5.74) is 1.50. The summed E-state index contributed by atoms with van der Waals surface area (Å²) in [5.74, 6) is 0. The van der Waals surface area contributed by atoms with Crippen LogP contribution in [0.15, 0.2) is 22.7 Å². The zero-order valence-corrected chi connectivity index (χ0v) is 10.1. The summed E-state index contributed by atoms with van der Waals surface area (Å²) in [6.45, 7) is 2.45.